The third kappa shape index (κ3) is 8.69. The number of aromatic nitrogens is 3. The molecule has 1 aromatic carbocycles. The van der Waals surface area contributed by atoms with E-state index in [1.807, 2.05) is 4.68 Å². The molecule has 2 N–H and O–H groups in total. The third-order valence-corrected chi connectivity index (χ3v) is 5.01. The predicted octanol–water partition coefficient (Wildman–Crippen LogP) is 3.35. The molecule has 0 atom stereocenters. The summed E-state index contributed by atoms with van der Waals surface area (Å²) in [6.45, 7) is 3.13. The maximum absolute atomic E-state index is 5.97. The van der Waals surface area contributed by atoms with Gasteiger partial charge in [-0.15, -0.1) is 24.0 Å². The van der Waals surface area contributed by atoms with Crippen LogP contribution in [-0.4, -0.2) is 47.0 Å². The molecular weight excluding hydrogens is 479 g/mol. The maximum atomic E-state index is 5.97. The van der Waals surface area contributed by atoms with Crippen molar-refractivity contribution in [1.82, 2.24) is 25.4 Å². The number of guanidine groups is 1. The highest BCUT2D eigenvalue weighted by atomic mass is 127. The van der Waals surface area contributed by atoms with E-state index in [1.165, 1.54) is 43.2 Å². The van der Waals surface area contributed by atoms with E-state index in [-0.39, 0.29) is 24.0 Å². The number of hydrogen-bond donors (Lipinski definition) is 2. The van der Waals surface area contributed by atoms with E-state index in [9.17, 15) is 0 Å². The fourth-order valence-electron chi connectivity index (χ4n) is 3.51. The predicted molar refractivity (Wildman–Crippen MR) is 127 cm³/mol. The van der Waals surface area contributed by atoms with Gasteiger partial charge in [-0.2, -0.15) is 5.10 Å². The molecule has 0 amide bonds. The first-order chi connectivity index (χ1) is 13.8. The quantitative estimate of drug-likeness (QED) is 0.233. The number of nitrogens with zero attached hydrogens (tertiary/aromatic N) is 4. The van der Waals surface area contributed by atoms with Crippen molar-refractivity contribution < 1.29 is 4.74 Å². The van der Waals surface area contributed by atoms with Gasteiger partial charge in [-0.05, 0) is 30.4 Å². The van der Waals surface area contributed by atoms with Gasteiger partial charge in [0.25, 0.3) is 0 Å². The normalized spacial score (nSPS) is 15.0. The molecule has 1 heterocycles. The highest BCUT2D eigenvalue weighted by Crippen LogP contribution is 2.20. The van der Waals surface area contributed by atoms with Gasteiger partial charge in [0.05, 0.1) is 12.6 Å². The summed E-state index contributed by atoms with van der Waals surface area (Å²) in [6.07, 6.45) is 11.2. The first-order valence-electron chi connectivity index (χ1n) is 10.3. The van der Waals surface area contributed by atoms with Crippen LogP contribution in [0.3, 0.4) is 0 Å². The fourth-order valence-corrected chi connectivity index (χ4v) is 3.51. The van der Waals surface area contributed by atoms with E-state index >= 15 is 0 Å². The molecule has 0 aliphatic heterocycles. The molecule has 0 saturated heterocycles. The fraction of sp³-hybridized carbons (Fsp3) is 0.571. The minimum absolute atomic E-state index is 0. The van der Waals surface area contributed by atoms with Crippen LogP contribution in [0.5, 0.6) is 0 Å². The van der Waals surface area contributed by atoms with Crippen LogP contribution in [0.25, 0.3) is 0 Å². The number of aliphatic imine (C=N–C) groups is 1. The zero-order valence-electron chi connectivity index (χ0n) is 17.2. The average Bonchev–Trinajstić information content (AvgIpc) is 3.24. The van der Waals surface area contributed by atoms with Crippen LogP contribution in [-0.2, 0) is 17.8 Å². The summed E-state index contributed by atoms with van der Waals surface area (Å²) in [7, 11) is 1.80. The zero-order valence-corrected chi connectivity index (χ0v) is 19.5. The third-order valence-electron chi connectivity index (χ3n) is 5.01. The van der Waals surface area contributed by atoms with E-state index < -0.39 is 0 Å². The Morgan fingerprint density at radius 3 is 2.79 bits per heavy atom. The summed E-state index contributed by atoms with van der Waals surface area (Å²) in [5.41, 5.74) is 2.41. The van der Waals surface area contributed by atoms with Crippen molar-refractivity contribution in [3.8, 4) is 0 Å². The van der Waals surface area contributed by atoms with Crippen LogP contribution in [0.4, 0.5) is 0 Å². The van der Waals surface area contributed by atoms with Crippen LogP contribution in [0.1, 0.15) is 49.7 Å². The van der Waals surface area contributed by atoms with Crippen LogP contribution < -0.4 is 10.6 Å². The minimum atomic E-state index is 0. The molecule has 1 aliphatic carbocycles. The van der Waals surface area contributed by atoms with Gasteiger partial charge in [-0.1, -0.05) is 43.5 Å². The van der Waals surface area contributed by atoms with Crippen molar-refractivity contribution >= 4 is 29.9 Å². The lowest BCUT2D eigenvalue weighted by atomic mass is 9.98. The second kappa shape index (κ2) is 13.5. The first kappa shape index (κ1) is 23.6. The molecule has 8 heteroatoms. The summed E-state index contributed by atoms with van der Waals surface area (Å²) in [5.74, 6) is 0.819. The maximum Gasteiger partial charge on any atom is 0.191 e. The van der Waals surface area contributed by atoms with Crippen LogP contribution >= 0.6 is 24.0 Å². The molecule has 7 nitrogen and oxygen atoms in total. The molecule has 1 fully saturated rings. The largest absolute Gasteiger partial charge is 0.378 e. The van der Waals surface area contributed by atoms with Crippen LogP contribution in [0.2, 0.25) is 0 Å². The Balaban J connectivity index is 0.00000300. The van der Waals surface area contributed by atoms with Crippen molar-refractivity contribution in [3.05, 3.63) is 48.0 Å². The lowest BCUT2D eigenvalue weighted by molar-refractivity contribution is 0.0277. The number of benzene rings is 1. The second-order valence-corrected chi connectivity index (χ2v) is 7.25. The summed E-state index contributed by atoms with van der Waals surface area (Å²) in [6, 6.07) is 8.47. The molecular formula is C21H33IN6O. The van der Waals surface area contributed by atoms with Crippen molar-refractivity contribution in [2.45, 2.75) is 57.7 Å². The number of halogens is 1. The van der Waals surface area contributed by atoms with E-state index in [0.29, 0.717) is 6.10 Å². The minimum Gasteiger partial charge on any atom is -0.378 e. The topological polar surface area (TPSA) is 76.4 Å². The van der Waals surface area contributed by atoms with Gasteiger partial charge in [-0.25, -0.2) is 9.67 Å². The SMILES string of the molecule is CN=C(NCCCOC1CCCCC1)NCc1cccc(Cn2cncn2)c1.I. The Kier molecular flexibility index (Phi) is 11.0. The van der Waals surface area contributed by atoms with Gasteiger partial charge in [0.2, 0.25) is 0 Å². The highest BCUT2D eigenvalue weighted by Gasteiger charge is 2.12. The van der Waals surface area contributed by atoms with Crippen LogP contribution in [0, 0.1) is 0 Å². The first-order valence-corrected chi connectivity index (χ1v) is 10.3. The number of hydrogen-bond acceptors (Lipinski definition) is 4. The smallest absolute Gasteiger partial charge is 0.191 e. The van der Waals surface area contributed by atoms with Gasteiger partial charge in [0, 0.05) is 26.7 Å². The summed E-state index contributed by atoms with van der Waals surface area (Å²) >= 11 is 0. The molecule has 0 bridgehead atoms. The Morgan fingerprint density at radius 2 is 2.03 bits per heavy atom. The number of ether oxygens (including phenoxy) is 1. The molecule has 1 aliphatic rings. The van der Waals surface area contributed by atoms with Crippen molar-refractivity contribution in [1.29, 1.82) is 0 Å². The van der Waals surface area contributed by atoms with Gasteiger partial charge >= 0.3 is 0 Å². The summed E-state index contributed by atoms with van der Waals surface area (Å²) in [4.78, 5) is 8.29. The monoisotopic (exact) mass is 512 g/mol. The van der Waals surface area contributed by atoms with Gasteiger partial charge in [-0.3, -0.25) is 4.99 Å². The van der Waals surface area contributed by atoms with Crippen LogP contribution in [0.15, 0.2) is 41.9 Å². The lowest BCUT2D eigenvalue weighted by Gasteiger charge is -2.22. The van der Waals surface area contributed by atoms with Crippen molar-refractivity contribution in [3.63, 3.8) is 0 Å². The molecule has 2 aromatic rings. The Hall–Kier alpha value is -1.68. The van der Waals surface area contributed by atoms with Gasteiger partial charge in [0.15, 0.2) is 5.96 Å². The molecule has 0 spiro atoms. The average molecular weight is 512 g/mol. The van der Waals surface area contributed by atoms with E-state index in [1.54, 1.807) is 19.7 Å². The Morgan fingerprint density at radius 1 is 1.21 bits per heavy atom. The number of nitrogens with one attached hydrogen (secondary N) is 2. The highest BCUT2D eigenvalue weighted by molar-refractivity contribution is 14.0. The molecule has 160 valence electrons. The molecule has 29 heavy (non-hydrogen) atoms. The zero-order chi connectivity index (χ0) is 19.4. The molecule has 0 radical (unpaired) electrons. The Labute approximate surface area is 190 Å². The van der Waals surface area contributed by atoms with Crippen molar-refractivity contribution in [2.24, 2.45) is 4.99 Å². The number of rotatable bonds is 9. The van der Waals surface area contributed by atoms with E-state index in [4.69, 9.17) is 4.74 Å². The standard InChI is InChI=1S/C21H32N6O.HI/c1-22-21(24-11-6-12-28-20-9-3-2-4-10-20)25-14-18-7-5-8-19(13-18)15-27-17-23-16-26-27;/h5,7-8,13,16-17,20H,2-4,6,9-12,14-15H2,1H3,(H2,22,24,25);1H. The second-order valence-electron chi connectivity index (χ2n) is 7.25. The lowest BCUT2D eigenvalue weighted by Crippen LogP contribution is -2.37. The Bertz CT molecular complexity index is 716. The molecule has 0 unspecified atom stereocenters. The van der Waals surface area contributed by atoms with Crippen molar-refractivity contribution in [2.75, 3.05) is 20.2 Å². The van der Waals surface area contributed by atoms with Gasteiger partial charge < -0.3 is 15.4 Å². The summed E-state index contributed by atoms with van der Waals surface area (Å²) in [5, 5.41) is 10.9. The van der Waals surface area contributed by atoms with Gasteiger partial charge in [0.1, 0.15) is 12.7 Å². The van der Waals surface area contributed by atoms with E-state index in [2.05, 4.69) is 50.0 Å². The van der Waals surface area contributed by atoms with E-state index in [0.717, 1.165) is 38.6 Å². The molecule has 3 rings (SSSR count). The molecule has 1 aromatic heterocycles. The summed E-state index contributed by atoms with van der Waals surface area (Å²) < 4.78 is 7.79. The molecule has 1 saturated carbocycles.